The molecular weight excluding hydrogens is 313 g/mol. The summed E-state index contributed by atoms with van der Waals surface area (Å²) in [6, 6.07) is 0. The molecule has 0 saturated heterocycles. The molecule has 0 aromatic carbocycles. The van der Waals surface area contributed by atoms with Gasteiger partial charge in [0.1, 0.15) is 0 Å². The Morgan fingerprint density at radius 3 is 2.08 bits per heavy atom. The Hall–Kier alpha value is -0.250. The van der Waals surface area contributed by atoms with Crippen LogP contribution in [0.5, 0.6) is 0 Å². The molecule has 4 unspecified atom stereocenters. The van der Waals surface area contributed by atoms with E-state index >= 15 is 0 Å². The Labute approximate surface area is 144 Å². The summed E-state index contributed by atoms with van der Waals surface area (Å²) < 4.78 is 39.3. The second kappa shape index (κ2) is 7.17. The van der Waals surface area contributed by atoms with Gasteiger partial charge in [-0.15, -0.1) is 0 Å². The monoisotopic (exact) mass is 346 g/mol. The van der Waals surface area contributed by atoms with Crippen LogP contribution in [0.3, 0.4) is 0 Å². The quantitative estimate of drug-likeness (QED) is 0.654. The van der Waals surface area contributed by atoms with Gasteiger partial charge in [0.15, 0.2) is 5.60 Å². The minimum Gasteiger partial charge on any atom is -0.380 e. The normalized spacial score (nSPS) is 44.1. The van der Waals surface area contributed by atoms with Gasteiger partial charge in [-0.25, -0.2) is 0 Å². The summed E-state index contributed by atoms with van der Waals surface area (Å²) in [7, 11) is 0. The molecule has 24 heavy (non-hydrogen) atoms. The smallest absolute Gasteiger partial charge is 0.380 e. The van der Waals surface area contributed by atoms with Crippen LogP contribution >= 0.6 is 0 Å². The van der Waals surface area contributed by atoms with Gasteiger partial charge in [-0.05, 0) is 81.0 Å². The van der Waals surface area contributed by atoms with Crippen LogP contribution in [0.4, 0.5) is 13.2 Å². The lowest BCUT2D eigenvalue weighted by Gasteiger charge is -2.48. The molecule has 3 rings (SSSR count). The van der Waals surface area contributed by atoms with E-state index in [4.69, 9.17) is 0 Å². The first kappa shape index (κ1) is 18.5. The molecule has 0 spiro atoms. The van der Waals surface area contributed by atoms with E-state index < -0.39 is 11.8 Å². The largest absolute Gasteiger partial charge is 0.417 e. The van der Waals surface area contributed by atoms with Crippen molar-refractivity contribution in [2.24, 2.45) is 29.6 Å². The molecule has 4 atom stereocenters. The first-order valence-electron chi connectivity index (χ1n) is 10.1. The van der Waals surface area contributed by atoms with Crippen LogP contribution in [0.15, 0.2) is 0 Å². The van der Waals surface area contributed by atoms with Crippen LogP contribution in [0.25, 0.3) is 0 Å². The van der Waals surface area contributed by atoms with Crippen molar-refractivity contribution in [2.45, 2.75) is 95.8 Å². The number of hydrogen-bond acceptors (Lipinski definition) is 1. The number of alkyl halides is 3. The van der Waals surface area contributed by atoms with E-state index in [1.807, 2.05) is 0 Å². The summed E-state index contributed by atoms with van der Waals surface area (Å²) in [5.41, 5.74) is -2.42. The Morgan fingerprint density at radius 2 is 1.46 bits per heavy atom. The van der Waals surface area contributed by atoms with Crippen molar-refractivity contribution in [2.75, 3.05) is 0 Å². The molecule has 1 N–H and O–H groups in total. The number of fused-ring (bicyclic) bond motifs is 1. The van der Waals surface area contributed by atoms with Crippen LogP contribution in [0.1, 0.15) is 84.0 Å². The SMILES string of the molecule is CCCC1CCC(C2CCC3CC(O)(C(F)(F)F)CCC3C2)CC1. The van der Waals surface area contributed by atoms with Gasteiger partial charge in [-0.2, -0.15) is 13.2 Å². The lowest BCUT2D eigenvalue weighted by atomic mass is 9.60. The molecule has 3 aliphatic carbocycles. The zero-order valence-corrected chi connectivity index (χ0v) is 15.0. The van der Waals surface area contributed by atoms with Crippen LogP contribution in [0.2, 0.25) is 0 Å². The van der Waals surface area contributed by atoms with Gasteiger partial charge in [0, 0.05) is 0 Å². The lowest BCUT2D eigenvalue weighted by molar-refractivity contribution is -0.279. The Balaban J connectivity index is 1.52. The van der Waals surface area contributed by atoms with Gasteiger partial charge in [0.2, 0.25) is 0 Å². The summed E-state index contributed by atoms with van der Waals surface area (Å²) in [5, 5.41) is 10.0. The molecule has 0 heterocycles. The highest BCUT2D eigenvalue weighted by Crippen LogP contribution is 2.53. The highest BCUT2D eigenvalue weighted by Gasteiger charge is 2.57. The summed E-state index contributed by atoms with van der Waals surface area (Å²) in [6.45, 7) is 2.26. The molecule has 3 saturated carbocycles. The Bertz CT molecular complexity index is 414. The maximum Gasteiger partial charge on any atom is 0.417 e. The number of halogens is 3. The zero-order valence-electron chi connectivity index (χ0n) is 15.0. The highest BCUT2D eigenvalue weighted by molar-refractivity contribution is 4.98. The van der Waals surface area contributed by atoms with Crippen molar-refractivity contribution in [1.29, 1.82) is 0 Å². The van der Waals surface area contributed by atoms with Crippen molar-refractivity contribution in [3.8, 4) is 0 Å². The van der Waals surface area contributed by atoms with Gasteiger partial charge < -0.3 is 5.11 Å². The molecule has 3 fully saturated rings. The number of hydrogen-bond donors (Lipinski definition) is 1. The van der Waals surface area contributed by atoms with E-state index in [0.29, 0.717) is 12.3 Å². The van der Waals surface area contributed by atoms with E-state index in [0.717, 1.165) is 37.0 Å². The molecule has 4 heteroatoms. The molecule has 0 aromatic rings. The molecule has 0 aromatic heterocycles. The topological polar surface area (TPSA) is 20.2 Å². The highest BCUT2D eigenvalue weighted by atomic mass is 19.4. The van der Waals surface area contributed by atoms with Gasteiger partial charge in [-0.1, -0.05) is 32.6 Å². The maximum atomic E-state index is 13.1. The van der Waals surface area contributed by atoms with Gasteiger partial charge in [0.05, 0.1) is 0 Å². The minimum absolute atomic E-state index is 0.0584. The van der Waals surface area contributed by atoms with Crippen molar-refractivity contribution >= 4 is 0 Å². The van der Waals surface area contributed by atoms with Crippen molar-refractivity contribution in [1.82, 2.24) is 0 Å². The third-order valence-electron chi connectivity index (χ3n) is 7.49. The van der Waals surface area contributed by atoms with E-state index in [9.17, 15) is 18.3 Å². The first-order valence-corrected chi connectivity index (χ1v) is 10.1. The molecular formula is C20H33F3O. The number of rotatable bonds is 3. The van der Waals surface area contributed by atoms with Crippen LogP contribution in [-0.2, 0) is 0 Å². The lowest BCUT2D eigenvalue weighted by Crippen LogP contribution is -2.51. The predicted molar refractivity (Wildman–Crippen MR) is 89.5 cm³/mol. The van der Waals surface area contributed by atoms with Crippen LogP contribution in [-0.4, -0.2) is 16.9 Å². The Kier molecular flexibility index (Phi) is 5.54. The summed E-state index contributed by atoms with van der Waals surface area (Å²) >= 11 is 0. The maximum absolute atomic E-state index is 13.1. The first-order chi connectivity index (χ1) is 11.3. The van der Waals surface area contributed by atoms with Crippen LogP contribution < -0.4 is 0 Å². The third kappa shape index (κ3) is 3.78. The summed E-state index contributed by atoms with van der Waals surface area (Å²) in [5.74, 6) is 2.95. The standard InChI is InChI=1S/C20H33F3O/c1-2-3-14-4-6-15(7-5-14)16-8-9-18-13-19(24,20(21,22)23)11-10-17(18)12-16/h14-18,24H,2-13H2,1H3. The molecule has 1 nitrogen and oxygen atoms in total. The third-order valence-corrected chi connectivity index (χ3v) is 7.49. The summed E-state index contributed by atoms with van der Waals surface area (Å²) in [6.07, 6.45) is 7.05. The molecule has 3 aliphatic rings. The molecule has 0 amide bonds. The zero-order chi connectivity index (χ0) is 17.4. The Morgan fingerprint density at radius 1 is 0.875 bits per heavy atom. The fraction of sp³-hybridized carbons (Fsp3) is 1.00. The second-order valence-corrected chi connectivity index (χ2v) is 8.93. The van der Waals surface area contributed by atoms with Crippen LogP contribution in [0, 0.1) is 29.6 Å². The predicted octanol–water partition coefficient (Wildman–Crippen LogP) is 6.10. The second-order valence-electron chi connectivity index (χ2n) is 8.93. The average Bonchev–Trinajstić information content (AvgIpc) is 2.54. The molecule has 140 valence electrons. The average molecular weight is 346 g/mol. The number of aliphatic hydroxyl groups is 1. The summed E-state index contributed by atoms with van der Waals surface area (Å²) in [4.78, 5) is 0. The minimum atomic E-state index is -4.47. The van der Waals surface area contributed by atoms with E-state index in [1.54, 1.807) is 0 Å². The molecule has 0 aliphatic heterocycles. The van der Waals surface area contributed by atoms with Gasteiger partial charge in [0.25, 0.3) is 0 Å². The van der Waals surface area contributed by atoms with Crippen molar-refractivity contribution in [3.63, 3.8) is 0 Å². The molecule has 0 radical (unpaired) electrons. The fourth-order valence-electron chi connectivity index (χ4n) is 5.99. The molecule has 0 bridgehead atoms. The van der Waals surface area contributed by atoms with E-state index in [2.05, 4.69) is 6.92 Å². The fourth-order valence-corrected chi connectivity index (χ4v) is 5.99. The van der Waals surface area contributed by atoms with Gasteiger partial charge in [-0.3, -0.25) is 0 Å². The van der Waals surface area contributed by atoms with E-state index in [1.165, 1.54) is 38.5 Å². The van der Waals surface area contributed by atoms with Gasteiger partial charge >= 0.3 is 6.18 Å². The van der Waals surface area contributed by atoms with E-state index in [-0.39, 0.29) is 18.8 Å². The van der Waals surface area contributed by atoms with Crippen molar-refractivity contribution < 1.29 is 18.3 Å². The van der Waals surface area contributed by atoms with Crippen molar-refractivity contribution in [3.05, 3.63) is 0 Å².